The zero-order chi connectivity index (χ0) is 13.1. The first-order valence-electron chi connectivity index (χ1n) is 5.13. The third-order valence-electron chi connectivity index (χ3n) is 2.40. The molecule has 3 N–H and O–H groups in total. The van der Waals surface area contributed by atoms with E-state index in [0.29, 0.717) is 0 Å². The molecule has 0 amide bonds. The van der Waals surface area contributed by atoms with Crippen LogP contribution < -0.4 is 5.73 Å². The van der Waals surface area contributed by atoms with E-state index in [1.165, 1.54) is 12.1 Å². The van der Waals surface area contributed by atoms with Crippen molar-refractivity contribution in [2.24, 2.45) is 5.73 Å². The number of hydrogen-bond acceptors (Lipinski definition) is 4. The summed E-state index contributed by atoms with van der Waals surface area (Å²) in [6.07, 6.45) is -0.0917. The lowest BCUT2D eigenvalue weighted by molar-refractivity contribution is -0.136. The van der Waals surface area contributed by atoms with Gasteiger partial charge in [-0.05, 0) is 37.6 Å². The summed E-state index contributed by atoms with van der Waals surface area (Å²) in [5.74, 6) is -1.36. The number of benzene rings is 1. The van der Waals surface area contributed by atoms with Gasteiger partial charge in [0.2, 0.25) is 0 Å². The van der Waals surface area contributed by atoms with Gasteiger partial charge in [-0.25, -0.2) is 8.42 Å². The number of aliphatic carboxylic acids is 1. The molecule has 1 atom stereocenters. The first-order valence-corrected chi connectivity index (χ1v) is 6.67. The average Bonchev–Trinajstić information content (AvgIpc) is 2.25. The fourth-order valence-electron chi connectivity index (χ4n) is 1.52. The van der Waals surface area contributed by atoms with Crippen molar-refractivity contribution in [1.29, 1.82) is 0 Å². The second-order valence-electron chi connectivity index (χ2n) is 3.77. The molecule has 1 unspecified atom stereocenters. The van der Waals surface area contributed by atoms with Crippen LogP contribution in [0.4, 0.5) is 0 Å². The molecule has 6 heteroatoms. The number of rotatable bonds is 5. The molecule has 94 valence electrons. The highest BCUT2D eigenvalue weighted by Crippen LogP contribution is 2.19. The highest BCUT2D eigenvalue weighted by molar-refractivity contribution is 7.92. The molecule has 0 aliphatic carbocycles. The zero-order valence-electron chi connectivity index (χ0n) is 9.46. The molecule has 0 radical (unpaired) electrons. The molecule has 0 saturated carbocycles. The number of carboxylic acid groups (broad SMARTS) is 1. The maximum absolute atomic E-state index is 12.1. The van der Waals surface area contributed by atoms with Crippen molar-refractivity contribution in [1.82, 2.24) is 0 Å². The topological polar surface area (TPSA) is 97.5 Å². The van der Waals surface area contributed by atoms with Crippen LogP contribution >= 0.6 is 0 Å². The number of aryl methyl sites for hydroxylation is 1. The molecular formula is C11H15NO4S. The summed E-state index contributed by atoms with van der Waals surface area (Å²) in [6.45, 7) is 1.76. The number of carboxylic acids is 1. The van der Waals surface area contributed by atoms with E-state index in [1.807, 2.05) is 0 Å². The van der Waals surface area contributed by atoms with Gasteiger partial charge in [0.05, 0.1) is 4.90 Å². The Morgan fingerprint density at radius 1 is 1.47 bits per heavy atom. The van der Waals surface area contributed by atoms with E-state index in [4.69, 9.17) is 10.8 Å². The lowest BCUT2D eigenvalue weighted by Gasteiger charge is -2.12. The minimum atomic E-state index is -3.86. The lowest BCUT2D eigenvalue weighted by Crippen LogP contribution is -2.32. The van der Waals surface area contributed by atoms with Crippen molar-refractivity contribution < 1.29 is 18.3 Å². The first-order chi connectivity index (χ1) is 7.89. The van der Waals surface area contributed by atoms with E-state index < -0.39 is 21.1 Å². The largest absolute Gasteiger partial charge is 0.480 e. The second kappa shape index (κ2) is 5.29. The molecule has 0 aliphatic heterocycles. The van der Waals surface area contributed by atoms with Crippen molar-refractivity contribution in [3.63, 3.8) is 0 Å². The van der Waals surface area contributed by atoms with Crippen LogP contribution in [0, 0.1) is 6.92 Å². The standard InChI is InChI=1S/C11H15NO4S/c1-8-3-2-4-9(7-8)17(15,16)10(5-6-12)11(13)14/h2-4,7,10H,5-6,12H2,1H3,(H,13,14). The third kappa shape index (κ3) is 3.04. The third-order valence-corrected chi connectivity index (χ3v) is 4.49. The summed E-state index contributed by atoms with van der Waals surface area (Å²) >= 11 is 0. The zero-order valence-corrected chi connectivity index (χ0v) is 10.3. The molecular weight excluding hydrogens is 242 g/mol. The quantitative estimate of drug-likeness (QED) is 0.803. The molecule has 1 aromatic rings. The predicted molar refractivity (Wildman–Crippen MR) is 63.5 cm³/mol. The molecule has 1 aromatic carbocycles. The van der Waals surface area contributed by atoms with E-state index in [2.05, 4.69) is 0 Å². The lowest BCUT2D eigenvalue weighted by atomic mass is 10.2. The van der Waals surface area contributed by atoms with Gasteiger partial charge < -0.3 is 10.8 Å². The van der Waals surface area contributed by atoms with Gasteiger partial charge in [-0.2, -0.15) is 0 Å². The summed E-state index contributed by atoms with van der Waals surface area (Å²) in [6, 6.07) is 6.19. The molecule has 0 saturated heterocycles. The normalized spacial score (nSPS) is 13.3. The number of carbonyl (C=O) groups is 1. The smallest absolute Gasteiger partial charge is 0.322 e. The number of hydrogen-bond donors (Lipinski definition) is 2. The molecule has 0 spiro atoms. The average molecular weight is 257 g/mol. The maximum Gasteiger partial charge on any atom is 0.322 e. The molecule has 17 heavy (non-hydrogen) atoms. The van der Waals surface area contributed by atoms with E-state index >= 15 is 0 Å². The van der Waals surface area contributed by atoms with Crippen LogP contribution in [0.3, 0.4) is 0 Å². The molecule has 0 fully saturated rings. The van der Waals surface area contributed by atoms with Crippen molar-refractivity contribution >= 4 is 15.8 Å². The molecule has 1 rings (SSSR count). The predicted octanol–water partition coefficient (Wildman–Crippen LogP) is 0.571. The van der Waals surface area contributed by atoms with Gasteiger partial charge in [0, 0.05) is 0 Å². The van der Waals surface area contributed by atoms with Gasteiger partial charge in [0.15, 0.2) is 15.1 Å². The Balaban J connectivity index is 3.21. The van der Waals surface area contributed by atoms with Gasteiger partial charge in [0.25, 0.3) is 0 Å². The van der Waals surface area contributed by atoms with Crippen LogP contribution in [-0.2, 0) is 14.6 Å². The minimum Gasteiger partial charge on any atom is -0.480 e. The van der Waals surface area contributed by atoms with Gasteiger partial charge >= 0.3 is 5.97 Å². The van der Waals surface area contributed by atoms with Crippen molar-refractivity contribution in [2.75, 3.05) is 6.54 Å². The molecule has 0 heterocycles. The van der Waals surface area contributed by atoms with Crippen molar-refractivity contribution in [3.8, 4) is 0 Å². The van der Waals surface area contributed by atoms with Crippen molar-refractivity contribution in [2.45, 2.75) is 23.5 Å². The number of nitrogens with two attached hydrogens (primary N) is 1. The second-order valence-corrected chi connectivity index (χ2v) is 5.90. The van der Waals surface area contributed by atoms with Gasteiger partial charge in [0.1, 0.15) is 0 Å². The molecule has 0 aliphatic rings. The summed E-state index contributed by atoms with van der Waals surface area (Å²) in [5, 5.41) is 7.46. The summed E-state index contributed by atoms with van der Waals surface area (Å²) in [7, 11) is -3.86. The first kappa shape index (κ1) is 13.7. The van der Waals surface area contributed by atoms with Crippen LogP contribution in [-0.4, -0.2) is 31.3 Å². The Labute approximate surface area is 100 Å². The fourth-order valence-corrected chi connectivity index (χ4v) is 3.18. The maximum atomic E-state index is 12.1. The van der Waals surface area contributed by atoms with Crippen LogP contribution in [0.25, 0.3) is 0 Å². The van der Waals surface area contributed by atoms with Crippen LogP contribution in [0.2, 0.25) is 0 Å². The van der Waals surface area contributed by atoms with E-state index in [-0.39, 0.29) is 17.9 Å². The van der Waals surface area contributed by atoms with E-state index in [9.17, 15) is 13.2 Å². The van der Waals surface area contributed by atoms with Gasteiger partial charge in [-0.1, -0.05) is 12.1 Å². The Hall–Kier alpha value is -1.40. The van der Waals surface area contributed by atoms with Crippen LogP contribution in [0.5, 0.6) is 0 Å². The highest BCUT2D eigenvalue weighted by atomic mass is 32.2. The Bertz CT molecular complexity index is 510. The van der Waals surface area contributed by atoms with Crippen LogP contribution in [0.1, 0.15) is 12.0 Å². The molecule has 5 nitrogen and oxygen atoms in total. The van der Waals surface area contributed by atoms with E-state index in [1.54, 1.807) is 19.1 Å². The molecule has 0 aromatic heterocycles. The SMILES string of the molecule is Cc1cccc(S(=O)(=O)C(CCN)C(=O)O)c1. The monoisotopic (exact) mass is 257 g/mol. The summed E-state index contributed by atoms with van der Waals surface area (Å²) in [5.41, 5.74) is 6.01. The van der Waals surface area contributed by atoms with Gasteiger partial charge in [-0.3, -0.25) is 4.79 Å². The highest BCUT2D eigenvalue weighted by Gasteiger charge is 2.33. The minimum absolute atomic E-state index is 0.0159. The van der Waals surface area contributed by atoms with E-state index in [0.717, 1.165) is 5.56 Å². The number of sulfone groups is 1. The summed E-state index contributed by atoms with van der Waals surface area (Å²) < 4.78 is 24.2. The van der Waals surface area contributed by atoms with Gasteiger partial charge in [-0.15, -0.1) is 0 Å². The Kier molecular flexibility index (Phi) is 4.25. The Morgan fingerprint density at radius 2 is 2.12 bits per heavy atom. The summed E-state index contributed by atoms with van der Waals surface area (Å²) in [4.78, 5) is 11.0. The van der Waals surface area contributed by atoms with Crippen LogP contribution in [0.15, 0.2) is 29.2 Å². The Morgan fingerprint density at radius 3 is 2.59 bits per heavy atom. The molecule has 0 bridgehead atoms. The fraction of sp³-hybridized carbons (Fsp3) is 0.364. The van der Waals surface area contributed by atoms with Crippen molar-refractivity contribution in [3.05, 3.63) is 29.8 Å².